The number of nitro groups is 1. The number of ether oxygens (including phenoxy) is 2. The van der Waals surface area contributed by atoms with Crippen LogP contribution in [-0.2, 0) is 9.47 Å². The molecule has 0 aliphatic carbocycles. The third kappa shape index (κ3) is 3.87. The molecule has 0 spiro atoms. The third-order valence-corrected chi connectivity index (χ3v) is 2.94. The van der Waals surface area contributed by atoms with E-state index in [0.29, 0.717) is 31.9 Å². The number of non-ortho nitro benzene ring substituents is 1. The van der Waals surface area contributed by atoms with E-state index >= 15 is 0 Å². The number of hydrogen-bond donors (Lipinski definition) is 1. The Morgan fingerprint density at radius 3 is 2.90 bits per heavy atom. The second-order valence-corrected chi connectivity index (χ2v) is 4.32. The van der Waals surface area contributed by atoms with Gasteiger partial charge in [-0.2, -0.15) is 0 Å². The minimum atomic E-state index is -0.424. The standard InChI is InChI=1S/C14H17N3O4/c1-20-9-10-21-8-7-15-12-4-5-13(17(18)19)14-11(12)3-2-6-16-14/h2-6,15H,7-10H2,1H3. The monoisotopic (exact) mass is 291 g/mol. The van der Waals surface area contributed by atoms with Crippen molar-refractivity contribution in [2.24, 2.45) is 0 Å². The number of hydrogen-bond acceptors (Lipinski definition) is 6. The van der Waals surface area contributed by atoms with Crippen molar-refractivity contribution < 1.29 is 14.4 Å². The molecule has 0 amide bonds. The van der Waals surface area contributed by atoms with Gasteiger partial charge in [0.2, 0.25) is 0 Å². The van der Waals surface area contributed by atoms with Crippen molar-refractivity contribution in [3.63, 3.8) is 0 Å². The number of benzene rings is 1. The topological polar surface area (TPSA) is 86.5 Å². The molecule has 0 radical (unpaired) electrons. The van der Waals surface area contributed by atoms with E-state index in [1.165, 1.54) is 6.07 Å². The summed E-state index contributed by atoms with van der Waals surface area (Å²) in [5.74, 6) is 0. The zero-order valence-corrected chi connectivity index (χ0v) is 11.7. The molecule has 0 atom stereocenters. The van der Waals surface area contributed by atoms with Gasteiger partial charge in [0, 0.05) is 37.0 Å². The van der Waals surface area contributed by atoms with Crippen LogP contribution in [0.15, 0.2) is 30.5 Å². The van der Waals surface area contributed by atoms with E-state index in [2.05, 4.69) is 10.3 Å². The van der Waals surface area contributed by atoms with Gasteiger partial charge in [0.1, 0.15) is 5.52 Å². The fourth-order valence-electron chi connectivity index (χ4n) is 1.96. The number of nitro benzene ring substituents is 1. The summed E-state index contributed by atoms with van der Waals surface area (Å²) in [6, 6.07) is 6.72. The molecule has 112 valence electrons. The fraction of sp³-hybridized carbons (Fsp3) is 0.357. The van der Waals surface area contributed by atoms with Gasteiger partial charge in [-0.3, -0.25) is 10.1 Å². The average Bonchev–Trinajstić information content (AvgIpc) is 2.50. The molecule has 1 aromatic carbocycles. The predicted molar refractivity (Wildman–Crippen MR) is 79.6 cm³/mol. The van der Waals surface area contributed by atoms with E-state index in [1.54, 1.807) is 25.4 Å². The molecule has 0 aliphatic rings. The van der Waals surface area contributed by atoms with Crippen LogP contribution in [-0.4, -0.2) is 43.4 Å². The van der Waals surface area contributed by atoms with Crippen LogP contribution in [0.25, 0.3) is 10.9 Å². The summed E-state index contributed by atoms with van der Waals surface area (Å²) >= 11 is 0. The first kappa shape index (κ1) is 15.1. The maximum atomic E-state index is 11.0. The zero-order chi connectivity index (χ0) is 15.1. The van der Waals surface area contributed by atoms with Crippen molar-refractivity contribution in [3.8, 4) is 0 Å². The lowest BCUT2D eigenvalue weighted by Gasteiger charge is -2.10. The molecule has 7 nitrogen and oxygen atoms in total. The summed E-state index contributed by atoms with van der Waals surface area (Å²) in [7, 11) is 1.62. The van der Waals surface area contributed by atoms with Crippen molar-refractivity contribution in [1.29, 1.82) is 0 Å². The van der Waals surface area contributed by atoms with E-state index in [0.717, 1.165) is 11.1 Å². The molecule has 0 aliphatic heterocycles. The molecule has 21 heavy (non-hydrogen) atoms. The number of pyridine rings is 1. The number of fused-ring (bicyclic) bond motifs is 1. The van der Waals surface area contributed by atoms with Crippen molar-refractivity contribution in [3.05, 3.63) is 40.6 Å². The summed E-state index contributed by atoms with van der Waals surface area (Å²) < 4.78 is 10.2. The maximum Gasteiger partial charge on any atom is 0.295 e. The van der Waals surface area contributed by atoms with Crippen molar-refractivity contribution in [1.82, 2.24) is 4.98 Å². The molecule has 0 saturated heterocycles. The van der Waals surface area contributed by atoms with E-state index < -0.39 is 4.92 Å². The number of anilines is 1. The van der Waals surface area contributed by atoms with Gasteiger partial charge in [-0.25, -0.2) is 4.98 Å². The van der Waals surface area contributed by atoms with E-state index in [4.69, 9.17) is 9.47 Å². The van der Waals surface area contributed by atoms with Gasteiger partial charge in [0.05, 0.1) is 24.7 Å². The molecule has 1 heterocycles. The second-order valence-electron chi connectivity index (χ2n) is 4.32. The lowest BCUT2D eigenvalue weighted by Crippen LogP contribution is -2.12. The highest BCUT2D eigenvalue weighted by atomic mass is 16.6. The Morgan fingerprint density at radius 2 is 2.14 bits per heavy atom. The van der Waals surface area contributed by atoms with Crippen LogP contribution >= 0.6 is 0 Å². The van der Waals surface area contributed by atoms with Crippen LogP contribution in [0.3, 0.4) is 0 Å². The van der Waals surface area contributed by atoms with E-state index in [1.807, 2.05) is 6.07 Å². The highest BCUT2D eigenvalue weighted by Gasteiger charge is 2.14. The van der Waals surface area contributed by atoms with Crippen LogP contribution in [0.5, 0.6) is 0 Å². The minimum absolute atomic E-state index is 0.00694. The molecular formula is C14H17N3O4. The molecule has 1 N–H and O–H groups in total. The summed E-state index contributed by atoms with van der Waals surface area (Å²) in [6.07, 6.45) is 1.55. The minimum Gasteiger partial charge on any atom is -0.382 e. The molecule has 2 rings (SSSR count). The van der Waals surface area contributed by atoms with Crippen molar-refractivity contribution in [2.75, 3.05) is 38.8 Å². The second kappa shape index (κ2) is 7.51. The van der Waals surface area contributed by atoms with Gasteiger partial charge < -0.3 is 14.8 Å². The molecule has 0 fully saturated rings. The number of rotatable bonds is 8. The Hall–Kier alpha value is -2.25. The molecule has 1 aromatic heterocycles. The summed E-state index contributed by atoms with van der Waals surface area (Å²) in [5, 5.41) is 14.9. The third-order valence-electron chi connectivity index (χ3n) is 2.94. The first-order valence-electron chi connectivity index (χ1n) is 6.56. The highest BCUT2D eigenvalue weighted by molar-refractivity contribution is 5.96. The molecule has 7 heteroatoms. The quantitative estimate of drug-likeness (QED) is 0.456. The number of methoxy groups -OCH3 is 1. The Bertz CT molecular complexity index is 618. The summed E-state index contributed by atoms with van der Waals surface area (Å²) in [4.78, 5) is 14.7. The van der Waals surface area contributed by atoms with Gasteiger partial charge in [-0.15, -0.1) is 0 Å². The van der Waals surface area contributed by atoms with Gasteiger partial charge in [0.15, 0.2) is 0 Å². The first-order valence-corrected chi connectivity index (χ1v) is 6.56. The lowest BCUT2D eigenvalue weighted by molar-refractivity contribution is -0.383. The molecule has 0 bridgehead atoms. The molecular weight excluding hydrogens is 274 g/mol. The smallest absolute Gasteiger partial charge is 0.295 e. The number of aromatic nitrogens is 1. The maximum absolute atomic E-state index is 11.0. The van der Waals surface area contributed by atoms with Gasteiger partial charge in [0.25, 0.3) is 5.69 Å². The van der Waals surface area contributed by atoms with Crippen molar-refractivity contribution >= 4 is 22.3 Å². The van der Waals surface area contributed by atoms with Crippen LogP contribution in [0.2, 0.25) is 0 Å². The largest absolute Gasteiger partial charge is 0.382 e. The van der Waals surface area contributed by atoms with E-state index in [-0.39, 0.29) is 5.69 Å². The van der Waals surface area contributed by atoms with Crippen molar-refractivity contribution in [2.45, 2.75) is 0 Å². The van der Waals surface area contributed by atoms with Crippen LogP contribution in [0.1, 0.15) is 0 Å². The Balaban J connectivity index is 2.07. The van der Waals surface area contributed by atoms with Gasteiger partial charge in [-0.1, -0.05) is 0 Å². The van der Waals surface area contributed by atoms with Gasteiger partial charge >= 0.3 is 0 Å². The Morgan fingerprint density at radius 1 is 1.29 bits per heavy atom. The van der Waals surface area contributed by atoms with E-state index in [9.17, 15) is 10.1 Å². The summed E-state index contributed by atoms with van der Waals surface area (Å²) in [5.41, 5.74) is 1.19. The van der Waals surface area contributed by atoms with Crippen LogP contribution in [0, 0.1) is 10.1 Å². The zero-order valence-electron chi connectivity index (χ0n) is 11.7. The summed E-state index contributed by atoms with van der Waals surface area (Å²) in [6.45, 7) is 2.23. The lowest BCUT2D eigenvalue weighted by atomic mass is 10.1. The highest BCUT2D eigenvalue weighted by Crippen LogP contribution is 2.29. The molecule has 0 saturated carbocycles. The normalized spacial score (nSPS) is 10.7. The first-order chi connectivity index (χ1) is 10.2. The molecule has 0 unspecified atom stereocenters. The predicted octanol–water partition coefficient (Wildman–Crippen LogP) is 2.22. The van der Waals surface area contributed by atoms with Crippen LogP contribution < -0.4 is 5.32 Å². The Labute approximate surface area is 122 Å². The van der Waals surface area contributed by atoms with Gasteiger partial charge in [-0.05, 0) is 18.2 Å². The average molecular weight is 291 g/mol. The molecule has 2 aromatic rings. The number of nitrogens with zero attached hydrogens (tertiary/aromatic N) is 2. The number of nitrogens with one attached hydrogen (secondary N) is 1. The Kier molecular flexibility index (Phi) is 5.42. The van der Waals surface area contributed by atoms with Crippen LogP contribution in [0.4, 0.5) is 11.4 Å². The fourth-order valence-corrected chi connectivity index (χ4v) is 1.96. The SMILES string of the molecule is COCCOCCNc1ccc([N+](=O)[O-])c2ncccc12.